The maximum Gasteiger partial charge on any atom is 0.319 e. The molecule has 2 aromatic rings. The molecular weight excluding hydrogens is 358 g/mol. The zero-order valence-electron chi connectivity index (χ0n) is 15.8. The number of ether oxygens (including phenoxy) is 2. The van der Waals surface area contributed by atoms with Gasteiger partial charge in [0.25, 0.3) is 0 Å². The van der Waals surface area contributed by atoms with Gasteiger partial charge in [0.1, 0.15) is 17.4 Å². The SMILES string of the molecule is C=C1NC(=O)N[C@H](c2ccc(OCC)cc2)[C@H]1C(=O)Nc1ccc(OC)cc1. The highest BCUT2D eigenvalue weighted by atomic mass is 16.5. The van der Waals surface area contributed by atoms with E-state index in [2.05, 4.69) is 22.5 Å². The fourth-order valence-corrected chi connectivity index (χ4v) is 3.10. The first-order chi connectivity index (χ1) is 13.5. The van der Waals surface area contributed by atoms with E-state index in [4.69, 9.17) is 9.47 Å². The van der Waals surface area contributed by atoms with E-state index in [0.717, 1.165) is 11.3 Å². The molecule has 0 unspecified atom stereocenters. The van der Waals surface area contributed by atoms with E-state index >= 15 is 0 Å². The van der Waals surface area contributed by atoms with Crippen LogP contribution < -0.4 is 25.4 Å². The van der Waals surface area contributed by atoms with Gasteiger partial charge in [-0.3, -0.25) is 4.79 Å². The Bertz CT molecular complexity index is 862. The minimum absolute atomic E-state index is 0.276. The summed E-state index contributed by atoms with van der Waals surface area (Å²) in [6, 6.07) is 13.4. The van der Waals surface area contributed by atoms with Crippen LogP contribution in [0.4, 0.5) is 10.5 Å². The molecule has 0 spiro atoms. The van der Waals surface area contributed by atoms with Crippen molar-refractivity contribution in [1.29, 1.82) is 0 Å². The Morgan fingerprint density at radius 3 is 2.36 bits per heavy atom. The largest absolute Gasteiger partial charge is 0.497 e. The first kappa shape index (κ1) is 19.3. The van der Waals surface area contributed by atoms with Gasteiger partial charge in [-0.2, -0.15) is 0 Å². The number of hydrogen-bond donors (Lipinski definition) is 3. The van der Waals surface area contributed by atoms with E-state index in [0.29, 0.717) is 23.7 Å². The van der Waals surface area contributed by atoms with Crippen LogP contribution in [0.15, 0.2) is 60.8 Å². The molecule has 0 saturated carbocycles. The Kier molecular flexibility index (Phi) is 5.84. The predicted octanol–water partition coefficient (Wildman–Crippen LogP) is 3.22. The predicted molar refractivity (Wildman–Crippen MR) is 106 cm³/mol. The lowest BCUT2D eigenvalue weighted by atomic mass is 9.88. The van der Waals surface area contributed by atoms with E-state index in [1.807, 2.05) is 31.2 Å². The van der Waals surface area contributed by atoms with Crippen molar-refractivity contribution in [3.63, 3.8) is 0 Å². The molecule has 1 aliphatic heterocycles. The van der Waals surface area contributed by atoms with E-state index in [1.54, 1.807) is 31.4 Å². The Labute approximate surface area is 163 Å². The molecule has 0 aliphatic carbocycles. The van der Waals surface area contributed by atoms with Crippen molar-refractivity contribution in [3.8, 4) is 11.5 Å². The highest BCUT2D eigenvalue weighted by Gasteiger charge is 2.37. The molecule has 0 bridgehead atoms. The summed E-state index contributed by atoms with van der Waals surface area (Å²) in [4.78, 5) is 24.9. The van der Waals surface area contributed by atoms with E-state index in [9.17, 15) is 9.59 Å². The van der Waals surface area contributed by atoms with Crippen LogP contribution in [0.25, 0.3) is 0 Å². The van der Waals surface area contributed by atoms with Crippen LogP contribution in [0.5, 0.6) is 11.5 Å². The first-order valence-corrected chi connectivity index (χ1v) is 8.95. The van der Waals surface area contributed by atoms with Gasteiger partial charge in [0, 0.05) is 11.4 Å². The number of rotatable bonds is 6. The number of nitrogens with one attached hydrogen (secondary N) is 3. The monoisotopic (exact) mass is 381 g/mol. The summed E-state index contributed by atoms with van der Waals surface area (Å²) >= 11 is 0. The second kappa shape index (κ2) is 8.47. The third-order valence-corrected chi connectivity index (χ3v) is 4.46. The van der Waals surface area contributed by atoms with Gasteiger partial charge < -0.3 is 25.4 Å². The Balaban J connectivity index is 1.82. The fourth-order valence-electron chi connectivity index (χ4n) is 3.10. The molecule has 1 heterocycles. The number of benzene rings is 2. The van der Waals surface area contributed by atoms with Crippen molar-refractivity contribution in [2.24, 2.45) is 5.92 Å². The molecule has 2 atom stereocenters. The van der Waals surface area contributed by atoms with Gasteiger partial charge in [0.2, 0.25) is 5.91 Å². The van der Waals surface area contributed by atoms with Gasteiger partial charge in [-0.25, -0.2) is 4.79 Å². The van der Waals surface area contributed by atoms with Crippen LogP contribution in [0, 0.1) is 5.92 Å². The smallest absolute Gasteiger partial charge is 0.319 e. The molecule has 1 fully saturated rings. The summed E-state index contributed by atoms with van der Waals surface area (Å²) in [7, 11) is 1.58. The van der Waals surface area contributed by atoms with Crippen LogP contribution in [0.2, 0.25) is 0 Å². The number of anilines is 1. The molecule has 2 aromatic carbocycles. The molecule has 7 heteroatoms. The molecule has 3 N–H and O–H groups in total. The third-order valence-electron chi connectivity index (χ3n) is 4.46. The van der Waals surface area contributed by atoms with Gasteiger partial charge >= 0.3 is 6.03 Å². The number of carbonyl (C=O) groups excluding carboxylic acids is 2. The lowest BCUT2D eigenvalue weighted by molar-refractivity contribution is -0.119. The van der Waals surface area contributed by atoms with Gasteiger partial charge in [-0.05, 0) is 48.9 Å². The molecule has 1 aliphatic rings. The maximum atomic E-state index is 13.0. The summed E-state index contributed by atoms with van der Waals surface area (Å²) in [5.74, 6) is 0.463. The molecule has 7 nitrogen and oxygen atoms in total. The molecular formula is C21H23N3O4. The van der Waals surface area contributed by atoms with Crippen LogP contribution in [-0.4, -0.2) is 25.7 Å². The molecule has 0 radical (unpaired) electrons. The molecule has 3 amide bonds. The van der Waals surface area contributed by atoms with Crippen LogP contribution >= 0.6 is 0 Å². The van der Waals surface area contributed by atoms with Crippen molar-refractivity contribution in [1.82, 2.24) is 10.6 Å². The maximum absolute atomic E-state index is 13.0. The van der Waals surface area contributed by atoms with Crippen molar-refractivity contribution in [2.75, 3.05) is 19.0 Å². The zero-order chi connectivity index (χ0) is 20.1. The number of hydrogen-bond acceptors (Lipinski definition) is 4. The average Bonchev–Trinajstić information content (AvgIpc) is 2.68. The minimum Gasteiger partial charge on any atom is -0.497 e. The van der Waals surface area contributed by atoms with Crippen molar-refractivity contribution in [2.45, 2.75) is 13.0 Å². The lowest BCUT2D eigenvalue weighted by Crippen LogP contribution is -2.51. The van der Waals surface area contributed by atoms with Gasteiger partial charge in [0.15, 0.2) is 0 Å². The summed E-state index contributed by atoms with van der Waals surface area (Å²) in [5, 5.41) is 8.28. The fraction of sp³-hybridized carbons (Fsp3) is 0.238. The quantitative estimate of drug-likeness (QED) is 0.717. The van der Waals surface area contributed by atoms with Crippen molar-refractivity contribution >= 4 is 17.6 Å². The summed E-state index contributed by atoms with van der Waals surface area (Å²) < 4.78 is 10.6. The highest BCUT2D eigenvalue weighted by molar-refractivity contribution is 5.97. The Morgan fingerprint density at radius 1 is 1.11 bits per heavy atom. The topological polar surface area (TPSA) is 88.7 Å². The molecule has 1 saturated heterocycles. The van der Waals surface area contributed by atoms with Crippen LogP contribution in [0.1, 0.15) is 18.5 Å². The van der Waals surface area contributed by atoms with Crippen molar-refractivity contribution < 1.29 is 19.1 Å². The second-order valence-electron chi connectivity index (χ2n) is 6.30. The molecule has 0 aromatic heterocycles. The highest BCUT2D eigenvalue weighted by Crippen LogP contribution is 2.31. The van der Waals surface area contributed by atoms with E-state index < -0.39 is 18.0 Å². The number of amides is 3. The van der Waals surface area contributed by atoms with Gasteiger partial charge in [-0.1, -0.05) is 18.7 Å². The lowest BCUT2D eigenvalue weighted by Gasteiger charge is -2.34. The second-order valence-corrected chi connectivity index (χ2v) is 6.30. The molecule has 28 heavy (non-hydrogen) atoms. The number of methoxy groups -OCH3 is 1. The average molecular weight is 381 g/mol. The number of urea groups is 1. The number of carbonyl (C=O) groups is 2. The van der Waals surface area contributed by atoms with Gasteiger partial charge in [0.05, 0.1) is 19.8 Å². The van der Waals surface area contributed by atoms with Crippen molar-refractivity contribution in [3.05, 3.63) is 66.4 Å². The van der Waals surface area contributed by atoms with Crippen LogP contribution in [0.3, 0.4) is 0 Å². The summed E-state index contributed by atoms with van der Waals surface area (Å²) in [6.45, 7) is 6.35. The van der Waals surface area contributed by atoms with E-state index in [1.165, 1.54) is 0 Å². The first-order valence-electron chi connectivity index (χ1n) is 8.95. The Hall–Kier alpha value is -3.48. The molecule has 146 valence electrons. The standard InChI is InChI=1S/C21H23N3O4/c1-4-28-17-9-5-14(6-10-17)19-18(13(2)22-21(26)24-19)20(25)23-15-7-11-16(27-3)12-8-15/h5-12,18-19H,2,4H2,1,3H3,(H,23,25)(H2,22,24,26)/t18-,19+/m0/s1. The normalized spacial score (nSPS) is 18.6. The Morgan fingerprint density at radius 2 is 1.75 bits per heavy atom. The summed E-state index contributed by atoms with van der Waals surface area (Å²) in [6.07, 6.45) is 0. The van der Waals surface area contributed by atoms with E-state index in [-0.39, 0.29) is 5.91 Å². The van der Waals surface area contributed by atoms with Gasteiger partial charge in [-0.15, -0.1) is 0 Å². The third kappa shape index (κ3) is 4.25. The molecule has 3 rings (SSSR count). The summed E-state index contributed by atoms with van der Waals surface area (Å²) in [5.41, 5.74) is 1.75. The minimum atomic E-state index is -0.683. The zero-order valence-corrected chi connectivity index (χ0v) is 15.8. The van der Waals surface area contributed by atoms with Crippen LogP contribution in [-0.2, 0) is 4.79 Å².